The topological polar surface area (TPSA) is 75.8 Å². The number of likely N-dealkylation sites (tertiary alicyclic amines) is 1. The fourth-order valence-corrected chi connectivity index (χ4v) is 2.67. The van der Waals surface area contributed by atoms with Crippen LogP contribution in [0.15, 0.2) is 18.2 Å². The number of para-hydroxylation sites is 1. The summed E-state index contributed by atoms with van der Waals surface area (Å²) in [6, 6.07) is 5.13. The number of hydrogen-bond acceptors (Lipinski definition) is 4. The second-order valence-electron chi connectivity index (χ2n) is 5.34. The molecule has 0 aromatic heterocycles. The van der Waals surface area contributed by atoms with Crippen LogP contribution in [0.3, 0.4) is 0 Å². The van der Waals surface area contributed by atoms with Crippen molar-refractivity contribution in [2.45, 2.75) is 25.8 Å². The SMILES string of the molecule is COc1cccc(C(=O)N2CC(CN)CCC2C)c1O. The van der Waals surface area contributed by atoms with Gasteiger partial charge in [0.2, 0.25) is 0 Å². The average molecular weight is 278 g/mol. The van der Waals surface area contributed by atoms with Crippen molar-refractivity contribution in [3.8, 4) is 11.5 Å². The lowest BCUT2D eigenvalue weighted by atomic mass is 9.93. The molecule has 0 bridgehead atoms. The number of methoxy groups -OCH3 is 1. The van der Waals surface area contributed by atoms with Crippen molar-refractivity contribution < 1.29 is 14.6 Å². The maximum Gasteiger partial charge on any atom is 0.258 e. The molecule has 0 spiro atoms. The Morgan fingerprint density at radius 3 is 2.90 bits per heavy atom. The lowest BCUT2D eigenvalue weighted by molar-refractivity contribution is 0.0563. The molecule has 1 saturated heterocycles. The zero-order valence-electron chi connectivity index (χ0n) is 12.0. The molecule has 1 aromatic rings. The molecule has 1 aromatic carbocycles. The minimum atomic E-state index is -0.160. The van der Waals surface area contributed by atoms with Gasteiger partial charge in [-0.25, -0.2) is 0 Å². The van der Waals surface area contributed by atoms with E-state index in [-0.39, 0.29) is 23.3 Å². The van der Waals surface area contributed by atoms with Gasteiger partial charge in [-0.15, -0.1) is 0 Å². The second-order valence-corrected chi connectivity index (χ2v) is 5.34. The zero-order chi connectivity index (χ0) is 14.7. The summed E-state index contributed by atoms with van der Waals surface area (Å²) in [5.41, 5.74) is 6.00. The number of nitrogens with zero attached hydrogens (tertiary/aromatic N) is 1. The Balaban J connectivity index is 2.26. The molecule has 110 valence electrons. The summed E-state index contributed by atoms with van der Waals surface area (Å²) in [7, 11) is 1.47. The fraction of sp³-hybridized carbons (Fsp3) is 0.533. The highest BCUT2D eigenvalue weighted by Gasteiger charge is 2.30. The highest BCUT2D eigenvalue weighted by atomic mass is 16.5. The van der Waals surface area contributed by atoms with E-state index in [1.165, 1.54) is 7.11 Å². The van der Waals surface area contributed by atoms with Crippen LogP contribution in [0.2, 0.25) is 0 Å². The van der Waals surface area contributed by atoms with Crippen LogP contribution in [0.5, 0.6) is 11.5 Å². The first-order valence-electron chi connectivity index (χ1n) is 6.95. The predicted molar refractivity (Wildman–Crippen MR) is 76.9 cm³/mol. The van der Waals surface area contributed by atoms with Crippen molar-refractivity contribution >= 4 is 5.91 Å². The van der Waals surface area contributed by atoms with Crippen LogP contribution in [0, 0.1) is 5.92 Å². The minimum absolute atomic E-state index is 0.0953. The molecule has 1 fully saturated rings. The van der Waals surface area contributed by atoms with E-state index in [9.17, 15) is 9.90 Å². The van der Waals surface area contributed by atoms with E-state index in [1.54, 1.807) is 23.1 Å². The van der Waals surface area contributed by atoms with Crippen molar-refractivity contribution in [2.24, 2.45) is 11.7 Å². The van der Waals surface area contributed by atoms with Crippen LogP contribution in [0.25, 0.3) is 0 Å². The quantitative estimate of drug-likeness (QED) is 0.880. The Morgan fingerprint density at radius 2 is 2.25 bits per heavy atom. The molecule has 5 heteroatoms. The maximum atomic E-state index is 12.6. The number of piperidine rings is 1. The van der Waals surface area contributed by atoms with Gasteiger partial charge >= 0.3 is 0 Å². The first-order chi connectivity index (χ1) is 9.58. The highest BCUT2D eigenvalue weighted by molar-refractivity contribution is 5.97. The number of phenolic OH excluding ortho intramolecular Hbond substituents is 1. The summed E-state index contributed by atoms with van der Waals surface area (Å²) in [6.45, 7) is 3.26. The molecule has 3 N–H and O–H groups in total. The Labute approximate surface area is 119 Å². The maximum absolute atomic E-state index is 12.6. The summed E-state index contributed by atoms with van der Waals surface area (Å²) in [6.07, 6.45) is 1.99. The number of carbonyl (C=O) groups excluding carboxylic acids is 1. The van der Waals surface area contributed by atoms with Crippen LogP contribution in [0.4, 0.5) is 0 Å². The monoisotopic (exact) mass is 278 g/mol. The molecule has 0 radical (unpaired) electrons. The van der Waals surface area contributed by atoms with Gasteiger partial charge in [-0.3, -0.25) is 4.79 Å². The molecule has 5 nitrogen and oxygen atoms in total. The van der Waals surface area contributed by atoms with E-state index in [2.05, 4.69) is 0 Å². The van der Waals surface area contributed by atoms with Crippen molar-refractivity contribution in [3.05, 3.63) is 23.8 Å². The molecule has 0 saturated carbocycles. The van der Waals surface area contributed by atoms with Crippen molar-refractivity contribution in [2.75, 3.05) is 20.2 Å². The van der Waals surface area contributed by atoms with Crippen LogP contribution in [-0.2, 0) is 0 Å². The summed E-state index contributed by atoms with van der Waals surface area (Å²) >= 11 is 0. The molecule has 2 rings (SSSR count). The first kappa shape index (κ1) is 14.7. The molecule has 1 aliphatic heterocycles. The number of amides is 1. The molecule has 0 aliphatic carbocycles. The number of rotatable bonds is 3. The summed E-state index contributed by atoms with van der Waals surface area (Å²) in [5, 5.41) is 10.1. The van der Waals surface area contributed by atoms with Crippen LogP contribution < -0.4 is 10.5 Å². The number of hydrogen-bond donors (Lipinski definition) is 2. The first-order valence-corrected chi connectivity index (χ1v) is 6.95. The average Bonchev–Trinajstić information content (AvgIpc) is 2.47. The molecule has 2 unspecified atom stereocenters. The highest BCUT2D eigenvalue weighted by Crippen LogP contribution is 2.32. The third kappa shape index (κ3) is 2.72. The van der Waals surface area contributed by atoms with E-state index < -0.39 is 0 Å². The Morgan fingerprint density at radius 1 is 1.50 bits per heavy atom. The van der Waals surface area contributed by atoms with E-state index in [4.69, 9.17) is 10.5 Å². The van der Waals surface area contributed by atoms with E-state index >= 15 is 0 Å². The molecule has 1 amide bonds. The second kappa shape index (κ2) is 6.13. The van der Waals surface area contributed by atoms with Gasteiger partial charge in [-0.05, 0) is 44.4 Å². The lowest BCUT2D eigenvalue weighted by Gasteiger charge is -2.37. The molecule has 20 heavy (non-hydrogen) atoms. The van der Waals surface area contributed by atoms with Gasteiger partial charge in [0, 0.05) is 12.6 Å². The van der Waals surface area contributed by atoms with Gasteiger partial charge in [-0.2, -0.15) is 0 Å². The van der Waals surface area contributed by atoms with Crippen LogP contribution in [0.1, 0.15) is 30.1 Å². The summed E-state index contributed by atoms with van der Waals surface area (Å²) in [5.74, 6) is 0.396. The van der Waals surface area contributed by atoms with E-state index in [1.807, 2.05) is 6.92 Å². The Hall–Kier alpha value is -1.75. The molecule has 1 aliphatic rings. The van der Waals surface area contributed by atoms with Crippen molar-refractivity contribution in [1.29, 1.82) is 0 Å². The number of phenols is 1. The smallest absolute Gasteiger partial charge is 0.258 e. The number of ether oxygens (including phenoxy) is 1. The summed E-state index contributed by atoms with van der Waals surface area (Å²) < 4.78 is 5.05. The Bertz CT molecular complexity index is 490. The largest absolute Gasteiger partial charge is 0.504 e. The third-order valence-corrected chi connectivity index (χ3v) is 4.02. The van der Waals surface area contributed by atoms with Gasteiger partial charge < -0.3 is 20.5 Å². The lowest BCUT2D eigenvalue weighted by Crippen LogP contribution is -2.47. The van der Waals surface area contributed by atoms with Crippen LogP contribution in [-0.4, -0.2) is 42.2 Å². The molecule has 2 atom stereocenters. The van der Waals surface area contributed by atoms with Gasteiger partial charge in [0.15, 0.2) is 11.5 Å². The number of aromatic hydroxyl groups is 1. The van der Waals surface area contributed by atoms with Gasteiger partial charge in [0.25, 0.3) is 5.91 Å². The van der Waals surface area contributed by atoms with Crippen molar-refractivity contribution in [3.63, 3.8) is 0 Å². The van der Waals surface area contributed by atoms with E-state index in [0.29, 0.717) is 24.8 Å². The standard InChI is InChI=1S/C15H22N2O3/c1-10-6-7-11(8-16)9-17(10)15(19)12-4-3-5-13(20-2)14(12)18/h3-5,10-11,18H,6-9,16H2,1-2H3. The van der Waals surface area contributed by atoms with Gasteiger partial charge in [0.1, 0.15) is 0 Å². The van der Waals surface area contributed by atoms with E-state index in [0.717, 1.165) is 12.8 Å². The van der Waals surface area contributed by atoms with Gasteiger partial charge in [-0.1, -0.05) is 6.07 Å². The number of nitrogens with two attached hydrogens (primary N) is 1. The number of benzene rings is 1. The molecular weight excluding hydrogens is 256 g/mol. The van der Waals surface area contributed by atoms with Crippen molar-refractivity contribution in [1.82, 2.24) is 4.90 Å². The zero-order valence-corrected chi connectivity index (χ0v) is 12.0. The minimum Gasteiger partial charge on any atom is -0.504 e. The normalized spacial score (nSPS) is 22.6. The predicted octanol–water partition coefficient (Wildman–Crippen LogP) is 1.60. The third-order valence-electron chi connectivity index (χ3n) is 4.02. The fourth-order valence-electron chi connectivity index (χ4n) is 2.67. The van der Waals surface area contributed by atoms with Crippen LogP contribution >= 0.6 is 0 Å². The number of carbonyl (C=O) groups is 1. The molecular formula is C15H22N2O3. The van der Waals surface area contributed by atoms with Gasteiger partial charge in [0.05, 0.1) is 12.7 Å². The molecule has 1 heterocycles. The Kier molecular flexibility index (Phi) is 4.49. The summed E-state index contributed by atoms with van der Waals surface area (Å²) in [4.78, 5) is 14.4.